The Morgan fingerprint density at radius 1 is 1.45 bits per heavy atom. The summed E-state index contributed by atoms with van der Waals surface area (Å²) in [6, 6.07) is 0.605. The van der Waals surface area contributed by atoms with Gasteiger partial charge in [0, 0.05) is 19.1 Å². The number of carbonyl (C=O) groups is 1. The first-order valence-corrected chi connectivity index (χ1v) is 6.89. The van der Waals surface area contributed by atoms with Gasteiger partial charge in [-0.15, -0.1) is 10.2 Å². The highest BCUT2D eigenvalue weighted by Crippen LogP contribution is 2.21. The van der Waals surface area contributed by atoms with Crippen molar-refractivity contribution in [2.45, 2.75) is 57.8 Å². The number of hydrogen-bond donors (Lipinski definition) is 2. The largest absolute Gasteiger partial charge is 0.444 e. The summed E-state index contributed by atoms with van der Waals surface area (Å²) in [5.41, 5.74) is -0.448. The SMILES string of the molecule is Cn1cnnc1CNC1CC(NC(=O)OC(C)(C)C)C1. The van der Waals surface area contributed by atoms with Crippen molar-refractivity contribution in [1.29, 1.82) is 0 Å². The molecule has 2 rings (SSSR count). The zero-order valence-corrected chi connectivity index (χ0v) is 12.5. The molecule has 1 aliphatic rings. The van der Waals surface area contributed by atoms with Crippen LogP contribution < -0.4 is 10.6 Å². The van der Waals surface area contributed by atoms with Gasteiger partial charge in [0.25, 0.3) is 0 Å². The summed E-state index contributed by atoms with van der Waals surface area (Å²) in [5, 5.41) is 14.1. The fourth-order valence-electron chi connectivity index (χ4n) is 2.08. The molecular weight excluding hydrogens is 258 g/mol. The molecule has 20 heavy (non-hydrogen) atoms. The highest BCUT2D eigenvalue weighted by Gasteiger charge is 2.31. The lowest BCUT2D eigenvalue weighted by atomic mass is 9.87. The molecule has 0 saturated heterocycles. The number of rotatable bonds is 4. The third-order valence-corrected chi connectivity index (χ3v) is 3.21. The molecule has 112 valence electrons. The summed E-state index contributed by atoms with van der Waals surface area (Å²) >= 11 is 0. The number of carbonyl (C=O) groups excluding carboxylic acids is 1. The summed E-state index contributed by atoms with van der Waals surface area (Å²) in [6.07, 6.45) is 3.17. The number of nitrogens with one attached hydrogen (secondary N) is 2. The number of nitrogens with zero attached hydrogens (tertiary/aromatic N) is 3. The highest BCUT2D eigenvalue weighted by molar-refractivity contribution is 5.68. The maximum absolute atomic E-state index is 11.6. The number of aryl methyl sites for hydroxylation is 1. The lowest BCUT2D eigenvalue weighted by molar-refractivity contribution is 0.0465. The minimum absolute atomic E-state index is 0.196. The minimum atomic E-state index is -0.448. The Morgan fingerprint density at radius 2 is 2.15 bits per heavy atom. The molecular formula is C13H23N5O2. The van der Waals surface area contributed by atoms with E-state index in [-0.39, 0.29) is 12.1 Å². The van der Waals surface area contributed by atoms with E-state index in [1.807, 2.05) is 32.4 Å². The molecule has 1 aromatic heterocycles. The Morgan fingerprint density at radius 3 is 2.70 bits per heavy atom. The van der Waals surface area contributed by atoms with Gasteiger partial charge in [0.05, 0.1) is 6.54 Å². The fourth-order valence-corrected chi connectivity index (χ4v) is 2.08. The van der Waals surface area contributed by atoms with E-state index in [2.05, 4.69) is 20.8 Å². The molecule has 1 heterocycles. The zero-order valence-electron chi connectivity index (χ0n) is 12.5. The van der Waals surface area contributed by atoms with Gasteiger partial charge in [0.2, 0.25) is 0 Å². The van der Waals surface area contributed by atoms with Crippen molar-refractivity contribution in [1.82, 2.24) is 25.4 Å². The normalized spacial score (nSPS) is 22.2. The van der Waals surface area contributed by atoms with Gasteiger partial charge < -0.3 is 19.9 Å². The summed E-state index contributed by atoms with van der Waals surface area (Å²) < 4.78 is 7.11. The predicted molar refractivity (Wildman–Crippen MR) is 74.0 cm³/mol. The monoisotopic (exact) mass is 281 g/mol. The molecule has 0 aromatic carbocycles. The van der Waals surface area contributed by atoms with Gasteiger partial charge in [-0.25, -0.2) is 4.79 Å². The number of ether oxygens (including phenoxy) is 1. The van der Waals surface area contributed by atoms with Crippen LogP contribution in [-0.2, 0) is 18.3 Å². The molecule has 0 unspecified atom stereocenters. The van der Waals surface area contributed by atoms with Crippen molar-refractivity contribution in [3.8, 4) is 0 Å². The van der Waals surface area contributed by atoms with E-state index in [4.69, 9.17) is 4.74 Å². The third kappa shape index (κ3) is 4.19. The Balaban J connectivity index is 1.63. The Hall–Kier alpha value is -1.63. The second-order valence-corrected chi connectivity index (χ2v) is 6.25. The molecule has 1 saturated carbocycles. The van der Waals surface area contributed by atoms with Gasteiger partial charge in [-0.2, -0.15) is 0 Å². The molecule has 0 spiro atoms. The van der Waals surface area contributed by atoms with E-state index in [1.165, 1.54) is 0 Å². The number of hydrogen-bond acceptors (Lipinski definition) is 5. The van der Waals surface area contributed by atoms with Crippen LogP contribution >= 0.6 is 0 Å². The van der Waals surface area contributed by atoms with E-state index in [0.717, 1.165) is 18.7 Å². The van der Waals surface area contributed by atoms with Crippen molar-refractivity contribution in [3.05, 3.63) is 12.2 Å². The molecule has 1 fully saturated rings. The molecule has 0 aliphatic heterocycles. The molecule has 7 nitrogen and oxygen atoms in total. The van der Waals surface area contributed by atoms with Crippen LogP contribution in [-0.4, -0.2) is 38.5 Å². The molecule has 1 aliphatic carbocycles. The van der Waals surface area contributed by atoms with Crippen molar-refractivity contribution in [3.63, 3.8) is 0 Å². The van der Waals surface area contributed by atoms with Crippen LogP contribution in [0.5, 0.6) is 0 Å². The minimum Gasteiger partial charge on any atom is -0.444 e. The van der Waals surface area contributed by atoms with Crippen molar-refractivity contribution >= 4 is 6.09 Å². The first-order valence-electron chi connectivity index (χ1n) is 6.89. The molecule has 0 radical (unpaired) electrons. The highest BCUT2D eigenvalue weighted by atomic mass is 16.6. The Kier molecular flexibility index (Phi) is 4.27. The van der Waals surface area contributed by atoms with E-state index in [1.54, 1.807) is 6.33 Å². The predicted octanol–water partition coefficient (Wildman–Crippen LogP) is 0.960. The van der Waals surface area contributed by atoms with Crippen molar-refractivity contribution in [2.75, 3.05) is 0 Å². The van der Waals surface area contributed by atoms with Gasteiger partial charge in [-0.3, -0.25) is 0 Å². The summed E-state index contributed by atoms with van der Waals surface area (Å²) in [7, 11) is 1.92. The van der Waals surface area contributed by atoms with Gasteiger partial charge in [0.1, 0.15) is 17.8 Å². The molecule has 1 aromatic rings. The Labute approximate surface area is 119 Å². The third-order valence-electron chi connectivity index (χ3n) is 3.21. The zero-order chi connectivity index (χ0) is 14.8. The van der Waals surface area contributed by atoms with E-state index in [9.17, 15) is 4.79 Å². The van der Waals surface area contributed by atoms with Crippen molar-refractivity contribution in [2.24, 2.45) is 7.05 Å². The van der Waals surface area contributed by atoms with Crippen LogP contribution in [0.1, 0.15) is 39.4 Å². The number of alkyl carbamates (subject to hydrolysis) is 1. The van der Waals surface area contributed by atoms with Crippen LogP contribution in [0.3, 0.4) is 0 Å². The first kappa shape index (κ1) is 14.8. The van der Waals surface area contributed by atoms with Crippen LogP contribution in [0, 0.1) is 0 Å². The van der Waals surface area contributed by atoms with Crippen LogP contribution in [0.2, 0.25) is 0 Å². The van der Waals surface area contributed by atoms with Gasteiger partial charge in [-0.05, 0) is 33.6 Å². The van der Waals surface area contributed by atoms with Gasteiger partial charge >= 0.3 is 6.09 Å². The van der Waals surface area contributed by atoms with Gasteiger partial charge in [-0.1, -0.05) is 0 Å². The van der Waals surface area contributed by atoms with E-state index < -0.39 is 5.60 Å². The number of aromatic nitrogens is 3. The maximum atomic E-state index is 11.6. The smallest absolute Gasteiger partial charge is 0.407 e. The fraction of sp³-hybridized carbons (Fsp3) is 0.769. The maximum Gasteiger partial charge on any atom is 0.407 e. The van der Waals surface area contributed by atoms with Crippen LogP contribution in [0.4, 0.5) is 4.79 Å². The number of amides is 1. The molecule has 2 N–H and O–H groups in total. The Bertz CT molecular complexity index is 460. The average Bonchev–Trinajstić information content (AvgIpc) is 2.64. The summed E-state index contributed by atoms with van der Waals surface area (Å²) in [6.45, 7) is 6.27. The lowest BCUT2D eigenvalue weighted by Gasteiger charge is -2.36. The molecule has 1 amide bonds. The average molecular weight is 281 g/mol. The molecule has 0 bridgehead atoms. The standard InChI is InChI=1S/C13H23N5O2/c1-13(2,3)20-12(19)16-10-5-9(6-10)14-7-11-17-15-8-18(11)4/h8-10,14H,5-7H2,1-4H3,(H,16,19). The van der Waals surface area contributed by atoms with Crippen LogP contribution in [0.25, 0.3) is 0 Å². The quantitative estimate of drug-likeness (QED) is 0.859. The summed E-state index contributed by atoms with van der Waals surface area (Å²) in [5.74, 6) is 0.911. The van der Waals surface area contributed by atoms with Gasteiger partial charge in [0.15, 0.2) is 0 Å². The second-order valence-electron chi connectivity index (χ2n) is 6.25. The topological polar surface area (TPSA) is 81.1 Å². The first-order chi connectivity index (χ1) is 9.33. The van der Waals surface area contributed by atoms with Crippen molar-refractivity contribution < 1.29 is 9.53 Å². The van der Waals surface area contributed by atoms with E-state index >= 15 is 0 Å². The molecule has 0 atom stereocenters. The second kappa shape index (κ2) is 5.78. The summed E-state index contributed by atoms with van der Waals surface area (Å²) in [4.78, 5) is 11.6. The lowest BCUT2D eigenvalue weighted by Crippen LogP contribution is -2.53. The molecule has 7 heteroatoms. The van der Waals surface area contributed by atoms with Crippen LogP contribution in [0.15, 0.2) is 6.33 Å². The van der Waals surface area contributed by atoms with E-state index in [0.29, 0.717) is 12.6 Å².